The minimum absolute atomic E-state index is 0.0802. The molecule has 1 aromatic carbocycles. The van der Waals surface area contributed by atoms with Crippen LogP contribution in [0.5, 0.6) is 5.75 Å². The van der Waals surface area contributed by atoms with Crippen LogP contribution in [-0.4, -0.2) is 39.8 Å². The first-order valence-electron chi connectivity index (χ1n) is 8.26. The molecule has 0 aliphatic carbocycles. The third kappa shape index (κ3) is 4.39. The maximum atomic E-state index is 12.9. The molecule has 7 nitrogen and oxygen atoms in total. The zero-order valence-electron chi connectivity index (χ0n) is 14.1. The average Bonchev–Trinajstić information content (AvgIpc) is 3.11. The number of rotatable bonds is 4. The van der Waals surface area contributed by atoms with Crippen LogP contribution < -0.4 is 10.5 Å². The molecule has 2 heterocycles. The van der Waals surface area contributed by atoms with Crippen LogP contribution in [0.3, 0.4) is 0 Å². The molecule has 0 unspecified atom stereocenters. The average molecular weight is 382 g/mol. The number of nitrogens with two attached hydrogens (primary N) is 1. The second-order valence-corrected chi connectivity index (χ2v) is 6.16. The van der Waals surface area contributed by atoms with Crippen molar-refractivity contribution < 1.29 is 27.5 Å². The Kier molecular flexibility index (Phi) is 5.06. The number of carbonyl (C=O) groups excluding carboxylic acids is 2. The van der Waals surface area contributed by atoms with Crippen molar-refractivity contribution in [2.24, 2.45) is 5.73 Å². The number of primary amides is 1. The van der Waals surface area contributed by atoms with Crippen LogP contribution >= 0.6 is 0 Å². The molecule has 1 aliphatic heterocycles. The Labute approximate surface area is 152 Å². The zero-order chi connectivity index (χ0) is 19.6. The van der Waals surface area contributed by atoms with Gasteiger partial charge >= 0.3 is 6.36 Å². The Morgan fingerprint density at radius 3 is 2.52 bits per heavy atom. The van der Waals surface area contributed by atoms with E-state index in [-0.39, 0.29) is 23.2 Å². The number of benzene rings is 1. The van der Waals surface area contributed by atoms with Crippen molar-refractivity contribution in [2.45, 2.75) is 31.7 Å². The SMILES string of the molecule is NC(=O)c1cc([C@H]2CCCCN2C(=O)c2ccc(OC(F)(F)F)cc2)[nH]n1. The second-order valence-electron chi connectivity index (χ2n) is 6.16. The molecule has 1 aliphatic rings. The van der Waals surface area contributed by atoms with Crippen molar-refractivity contribution in [1.82, 2.24) is 15.1 Å². The van der Waals surface area contributed by atoms with Crippen LogP contribution in [0.15, 0.2) is 30.3 Å². The Balaban J connectivity index is 1.79. The molecule has 10 heteroatoms. The molecule has 2 aromatic rings. The predicted molar refractivity (Wildman–Crippen MR) is 87.9 cm³/mol. The standard InChI is InChI=1S/C17H17F3N4O3/c18-17(19,20)27-11-6-4-10(5-7-11)16(26)24-8-2-1-3-14(24)12-9-13(15(21)25)23-22-12/h4-7,9,14H,1-3,8H2,(H2,21,25)(H,22,23)/t14-/m1/s1. The molecule has 0 bridgehead atoms. The van der Waals surface area contributed by atoms with E-state index in [9.17, 15) is 22.8 Å². The number of hydrogen-bond acceptors (Lipinski definition) is 4. The number of carbonyl (C=O) groups is 2. The maximum absolute atomic E-state index is 12.9. The molecule has 0 radical (unpaired) electrons. The summed E-state index contributed by atoms with van der Waals surface area (Å²) >= 11 is 0. The van der Waals surface area contributed by atoms with Gasteiger partial charge in [-0.2, -0.15) is 5.10 Å². The topological polar surface area (TPSA) is 101 Å². The minimum Gasteiger partial charge on any atom is -0.406 e. The highest BCUT2D eigenvalue weighted by atomic mass is 19.4. The lowest BCUT2D eigenvalue weighted by Crippen LogP contribution is -2.38. The van der Waals surface area contributed by atoms with Crippen LogP contribution in [0.2, 0.25) is 0 Å². The molecular weight excluding hydrogens is 365 g/mol. The lowest BCUT2D eigenvalue weighted by Gasteiger charge is -2.35. The van der Waals surface area contributed by atoms with Crippen LogP contribution in [0, 0.1) is 0 Å². The summed E-state index contributed by atoms with van der Waals surface area (Å²) in [6.07, 6.45) is -2.43. The van der Waals surface area contributed by atoms with E-state index in [0.717, 1.165) is 25.0 Å². The molecule has 27 heavy (non-hydrogen) atoms. The summed E-state index contributed by atoms with van der Waals surface area (Å²) in [5, 5.41) is 6.58. The molecule has 1 fully saturated rings. The maximum Gasteiger partial charge on any atom is 0.573 e. The zero-order valence-corrected chi connectivity index (χ0v) is 14.1. The van der Waals surface area contributed by atoms with Crippen molar-refractivity contribution in [3.63, 3.8) is 0 Å². The fraction of sp³-hybridized carbons (Fsp3) is 0.353. The monoisotopic (exact) mass is 382 g/mol. The van der Waals surface area contributed by atoms with Crippen molar-refractivity contribution in [3.05, 3.63) is 47.3 Å². The van der Waals surface area contributed by atoms with Gasteiger partial charge in [0.2, 0.25) is 0 Å². The molecular formula is C17H17F3N4O3. The molecule has 0 spiro atoms. The van der Waals surface area contributed by atoms with Gasteiger partial charge in [-0.15, -0.1) is 13.2 Å². The van der Waals surface area contributed by atoms with Gasteiger partial charge in [0, 0.05) is 12.1 Å². The first kappa shape index (κ1) is 18.7. The van der Waals surface area contributed by atoms with E-state index in [4.69, 9.17) is 5.73 Å². The number of alkyl halides is 3. The van der Waals surface area contributed by atoms with Gasteiger partial charge < -0.3 is 15.4 Å². The molecule has 1 atom stereocenters. The quantitative estimate of drug-likeness (QED) is 0.849. The first-order valence-corrected chi connectivity index (χ1v) is 8.26. The number of amides is 2. The predicted octanol–water partition coefficient (Wildman–Crippen LogP) is 2.77. The van der Waals surface area contributed by atoms with Gasteiger partial charge in [0.1, 0.15) is 11.4 Å². The summed E-state index contributed by atoms with van der Waals surface area (Å²) in [6, 6.07) is 5.97. The van der Waals surface area contributed by atoms with E-state index in [1.165, 1.54) is 18.2 Å². The molecule has 1 saturated heterocycles. The fourth-order valence-electron chi connectivity index (χ4n) is 3.10. The number of H-pyrrole nitrogens is 1. The van der Waals surface area contributed by atoms with E-state index >= 15 is 0 Å². The Morgan fingerprint density at radius 1 is 1.22 bits per heavy atom. The first-order chi connectivity index (χ1) is 12.7. The Morgan fingerprint density at radius 2 is 1.93 bits per heavy atom. The van der Waals surface area contributed by atoms with Crippen LogP contribution in [-0.2, 0) is 0 Å². The van der Waals surface area contributed by atoms with Gasteiger partial charge in [-0.05, 0) is 49.6 Å². The summed E-state index contributed by atoms with van der Waals surface area (Å²) < 4.78 is 40.6. The number of hydrogen-bond donors (Lipinski definition) is 2. The van der Waals surface area contributed by atoms with Gasteiger partial charge in [0.25, 0.3) is 11.8 Å². The Bertz CT molecular complexity index is 833. The second kappa shape index (κ2) is 7.29. The van der Waals surface area contributed by atoms with Crippen molar-refractivity contribution in [3.8, 4) is 5.75 Å². The summed E-state index contributed by atoms with van der Waals surface area (Å²) in [5.74, 6) is -1.39. The van der Waals surface area contributed by atoms with Crippen molar-refractivity contribution >= 4 is 11.8 Å². The summed E-state index contributed by atoms with van der Waals surface area (Å²) in [4.78, 5) is 25.7. The van der Waals surface area contributed by atoms with Crippen molar-refractivity contribution in [1.29, 1.82) is 0 Å². The summed E-state index contributed by atoms with van der Waals surface area (Å²) in [7, 11) is 0. The van der Waals surface area contributed by atoms with Gasteiger partial charge in [0.05, 0.1) is 11.7 Å². The molecule has 3 rings (SSSR count). The van der Waals surface area contributed by atoms with Crippen LogP contribution in [0.25, 0.3) is 0 Å². The number of likely N-dealkylation sites (tertiary alicyclic amines) is 1. The highest BCUT2D eigenvalue weighted by Crippen LogP contribution is 2.32. The Hall–Kier alpha value is -3.04. The summed E-state index contributed by atoms with van der Waals surface area (Å²) in [6.45, 7) is 0.481. The smallest absolute Gasteiger partial charge is 0.406 e. The number of aromatic nitrogens is 2. The number of nitrogens with one attached hydrogen (secondary N) is 1. The normalized spacial score (nSPS) is 17.6. The third-order valence-electron chi connectivity index (χ3n) is 4.31. The molecule has 2 amide bonds. The number of aromatic amines is 1. The van der Waals surface area contributed by atoms with Crippen LogP contribution in [0.1, 0.15) is 51.8 Å². The van der Waals surface area contributed by atoms with E-state index in [0.29, 0.717) is 18.7 Å². The van der Waals surface area contributed by atoms with Crippen LogP contribution in [0.4, 0.5) is 13.2 Å². The minimum atomic E-state index is -4.79. The summed E-state index contributed by atoms with van der Waals surface area (Å²) in [5.41, 5.74) is 6.12. The van der Waals surface area contributed by atoms with E-state index in [1.54, 1.807) is 4.90 Å². The van der Waals surface area contributed by atoms with E-state index in [1.807, 2.05) is 0 Å². The molecule has 3 N–H and O–H groups in total. The van der Waals surface area contributed by atoms with Gasteiger partial charge in [-0.3, -0.25) is 14.7 Å². The van der Waals surface area contributed by atoms with Gasteiger partial charge in [-0.1, -0.05) is 0 Å². The molecule has 1 aromatic heterocycles. The third-order valence-corrected chi connectivity index (χ3v) is 4.31. The number of halogens is 3. The van der Waals surface area contributed by atoms with Gasteiger partial charge in [-0.25, -0.2) is 0 Å². The van der Waals surface area contributed by atoms with E-state index in [2.05, 4.69) is 14.9 Å². The number of ether oxygens (including phenoxy) is 1. The van der Waals surface area contributed by atoms with Crippen molar-refractivity contribution in [2.75, 3.05) is 6.54 Å². The molecule has 0 saturated carbocycles. The lowest BCUT2D eigenvalue weighted by molar-refractivity contribution is -0.274. The number of nitrogens with zero attached hydrogens (tertiary/aromatic N) is 2. The van der Waals surface area contributed by atoms with E-state index < -0.39 is 18.0 Å². The number of piperidine rings is 1. The highest BCUT2D eigenvalue weighted by Gasteiger charge is 2.32. The largest absolute Gasteiger partial charge is 0.573 e. The fourth-order valence-corrected chi connectivity index (χ4v) is 3.10. The highest BCUT2D eigenvalue weighted by molar-refractivity contribution is 5.95. The lowest BCUT2D eigenvalue weighted by atomic mass is 9.98. The molecule has 144 valence electrons. The van der Waals surface area contributed by atoms with Gasteiger partial charge in [0.15, 0.2) is 0 Å².